The molecule has 0 unspecified atom stereocenters. The smallest absolute Gasteiger partial charge is 0.338 e. The molecule has 0 bridgehead atoms. The lowest BCUT2D eigenvalue weighted by molar-refractivity contribution is -0.138. The SMILES string of the molecule is CCCOC(=O)c1cccc(NC(=O)c2ccc(CNC3=C(Cl)C(=O)N(Cc4ccccc4)C3=O)cc2)c1. The number of benzene rings is 3. The lowest BCUT2D eigenvalue weighted by Gasteiger charge is -2.15. The quantitative estimate of drug-likeness (QED) is 0.292. The molecule has 3 aromatic carbocycles. The number of rotatable bonds is 10. The van der Waals surface area contributed by atoms with Crippen molar-refractivity contribution in [1.29, 1.82) is 0 Å². The highest BCUT2D eigenvalue weighted by molar-refractivity contribution is 6.47. The molecular weight excluding hydrogens is 506 g/mol. The zero-order valence-electron chi connectivity index (χ0n) is 20.7. The Hall–Kier alpha value is -4.43. The maximum Gasteiger partial charge on any atom is 0.338 e. The van der Waals surface area contributed by atoms with Gasteiger partial charge in [0.1, 0.15) is 10.7 Å². The molecule has 3 aromatic rings. The van der Waals surface area contributed by atoms with Crippen LogP contribution in [0.5, 0.6) is 0 Å². The molecule has 1 aliphatic heterocycles. The fourth-order valence-electron chi connectivity index (χ4n) is 3.78. The van der Waals surface area contributed by atoms with Crippen molar-refractivity contribution in [2.45, 2.75) is 26.4 Å². The molecule has 3 amide bonds. The topological polar surface area (TPSA) is 105 Å². The highest BCUT2D eigenvalue weighted by atomic mass is 35.5. The lowest BCUT2D eigenvalue weighted by Crippen LogP contribution is -2.33. The molecule has 0 spiro atoms. The monoisotopic (exact) mass is 531 g/mol. The molecule has 2 N–H and O–H groups in total. The van der Waals surface area contributed by atoms with Gasteiger partial charge in [0, 0.05) is 17.8 Å². The van der Waals surface area contributed by atoms with Gasteiger partial charge in [-0.1, -0.05) is 67.1 Å². The molecule has 38 heavy (non-hydrogen) atoms. The van der Waals surface area contributed by atoms with Crippen LogP contribution in [0.3, 0.4) is 0 Å². The van der Waals surface area contributed by atoms with E-state index in [0.29, 0.717) is 23.4 Å². The van der Waals surface area contributed by atoms with E-state index in [1.807, 2.05) is 37.3 Å². The first kappa shape index (κ1) is 26.6. The minimum Gasteiger partial charge on any atom is -0.462 e. The predicted molar refractivity (Wildman–Crippen MR) is 143 cm³/mol. The van der Waals surface area contributed by atoms with Gasteiger partial charge in [0.05, 0.1) is 18.7 Å². The first-order chi connectivity index (χ1) is 18.4. The van der Waals surface area contributed by atoms with Crippen molar-refractivity contribution in [2.24, 2.45) is 0 Å². The molecule has 8 nitrogen and oxygen atoms in total. The Morgan fingerprint density at radius 3 is 2.32 bits per heavy atom. The summed E-state index contributed by atoms with van der Waals surface area (Å²) in [6.45, 7) is 2.60. The largest absolute Gasteiger partial charge is 0.462 e. The summed E-state index contributed by atoms with van der Waals surface area (Å²) in [6.07, 6.45) is 0.722. The number of ether oxygens (including phenoxy) is 1. The third-order valence-electron chi connectivity index (χ3n) is 5.77. The van der Waals surface area contributed by atoms with Crippen LogP contribution in [0.15, 0.2) is 89.6 Å². The normalized spacial score (nSPS) is 13.1. The number of esters is 1. The van der Waals surface area contributed by atoms with Crippen LogP contribution in [-0.2, 0) is 27.4 Å². The van der Waals surface area contributed by atoms with E-state index in [1.54, 1.807) is 48.5 Å². The molecule has 0 aliphatic carbocycles. The summed E-state index contributed by atoms with van der Waals surface area (Å²) in [7, 11) is 0. The van der Waals surface area contributed by atoms with E-state index in [4.69, 9.17) is 16.3 Å². The maximum atomic E-state index is 12.8. The number of carbonyl (C=O) groups excluding carboxylic acids is 4. The molecule has 9 heteroatoms. The van der Waals surface area contributed by atoms with Crippen molar-refractivity contribution in [1.82, 2.24) is 10.2 Å². The average molecular weight is 532 g/mol. The number of imide groups is 1. The van der Waals surface area contributed by atoms with Gasteiger partial charge in [0.2, 0.25) is 0 Å². The Balaban J connectivity index is 1.34. The first-order valence-electron chi connectivity index (χ1n) is 12.1. The minimum atomic E-state index is -0.544. The number of halogens is 1. The van der Waals surface area contributed by atoms with Crippen LogP contribution < -0.4 is 10.6 Å². The summed E-state index contributed by atoms with van der Waals surface area (Å²) < 4.78 is 5.14. The van der Waals surface area contributed by atoms with Crippen LogP contribution in [0.25, 0.3) is 0 Å². The molecule has 0 saturated carbocycles. The number of anilines is 1. The molecule has 194 valence electrons. The van der Waals surface area contributed by atoms with Crippen molar-refractivity contribution < 1.29 is 23.9 Å². The lowest BCUT2D eigenvalue weighted by atomic mass is 10.1. The van der Waals surface area contributed by atoms with Crippen molar-refractivity contribution in [3.05, 3.63) is 112 Å². The van der Waals surface area contributed by atoms with Crippen molar-refractivity contribution in [2.75, 3.05) is 11.9 Å². The summed E-state index contributed by atoms with van der Waals surface area (Å²) in [6, 6.07) is 22.5. The zero-order chi connectivity index (χ0) is 27.1. The molecule has 1 heterocycles. The highest BCUT2D eigenvalue weighted by Crippen LogP contribution is 2.24. The van der Waals surface area contributed by atoms with E-state index in [-0.39, 0.29) is 29.7 Å². The minimum absolute atomic E-state index is 0.0479. The van der Waals surface area contributed by atoms with Crippen LogP contribution in [0.1, 0.15) is 45.2 Å². The number of carbonyl (C=O) groups is 4. The second kappa shape index (κ2) is 12.2. The van der Waals surface area contributed by atoms with Gasteiger partial charge in [-0.3, -0.25) is 19.3 Å². The summed E-state index contributed by atoms with van der Waals surface area (Å²) in [5.41, 5.74) is 2.88. The Morgan fingerprint density at radius 1 is 0.868 bits per heavy atom. The third-order valence-corrected chi connectivity index (χ3v) is 6.12. The van der Waals surface area contributed by atoms with Gasteiger partial charge in [-0.2, -0.15) is 0 Å². The molecule has 0 aromatic heterocycles. The summed E-state index contributed by atoms with van der Waals surface area (Å²) in [5.74, 6) is -1.82. The fourth-order valence-corrected chi connectivity index (χ4v) is 4.03. The third kappa shape index (κ3) is 6.27. The van der Waals surface area contributed by atoms with Crippen LogP contribution in [-0.4, -0.2) is 35.2 Å². The van der Waals surface area contributed by atoms with Gasteiger partial charge >= 0.3 is 5.97 Å². The molecule has 0 radical (unpaired) electrons. The van der Waals surface area contributed by atoms with Crippen LogP contribution >= 0.6 is 11.6 Å². The van der Waals surface area contributed by atoms with Crippen LogP contribution in [0.2, 0.25) is 0 Å². The van der Waals surface area contributed by atoms with Gasteiger partial charge in [-0.25, -0.2) is 4.79 Å². The molecular formula is C29H26ClN3O5. The van der Waals surface area contributed by atoms with Crippen molar-refractivity contribution in [3.63, 3.8) is 0 Å². The van der Waals surface area contributed by atoms with Crippen LogP contribution in [0.4, 0.5) is 5.69 Å². The van der Waals surface area contributed by atoms with Gasteiger partial charge in [0.15, 0.2) is 0 Å². The zero-order valence-corrected chi connectivity index (χ0v) is 21.5. The number of hydrogen-bond donors (Lipinski definition) is 2. The fraction of sp³-hybridized carbons (Fsp3) is 0.172. The van der Waals surface area contributed by atoms with Crippen molar-refractivity contribution >= 4 is 41.0 Å². The standard InChI is InChI=1S/C29H26ClN3O5/c1-2-15-38-29(37)22-9-6-10-23(16-22)32-26(34)21-13-11-19(12-14-21)17-31-25-24(30)27(35)33(28(25)36)18-20-7-4-3-5-8-20/h3-14,16,31H,2,15,17-18H2,1H3,(H,32,34). The number of amides is 3. The molecule has 0 saturated heterocycles. The summed E-state index contributed by atoms with van der Waals surface area (Å²) >= 11 is 6.17. The Morgan fingerprint density at radius 2 is 1.61 bits per heavy atom. The van der Waals surface area contributed by atoms with E-state index < -0.39 is 17.8 Å². The Labute approximate surface area is 225 Å². The molecule has 4 rings (SSSR count). The van der Waals surface area contributed by atoms with E-state index >= 15 is 0 Å². The van der Waals surface area contributed by atoms with E-state index in [1.165, 1.54) is 0 Å². The van der Waals surface area contributed by atoms with Gasteiger partial charge in [0.25, 0.3) is 17.7 Å². The Kier molecular flexibility index (Phi) is 8.55. The molecule has 0 fully saturated rings. The van der Waals surface area contributed by atoms with Gasteiger partial charge < -0.3 is 15.4 Å². The molecule has 0 atom stereocenters. The van der Waals surface area contributed by atoms with Gasteiger partial charge in [-0.15, -0.1) is 0 Å². The highest BCUT2D eigenvalue weighted by Gasteiger charge is 2.37. The van der Waals surface area contributed by atoms with Crippen molar-refractivity contribution in [3.8, 4) is 0 Å². The maximum absolute atomic E-state index is 12.8. The number of nitrogens with one attached hydrogen (secondary N) is 2. The summed E-state index contributed by atoms with van der Waals surface area (Å²) in [5, 5.41) is 5.58. The van der Waals surface area contributed by atoms with E-state index in [0.717, 1.165) is 22.4 Å². The first-order valence-corrected chi connectivity index (χ1v) is 12.5. The van der Waals surface area contributed by atoms with Gasteiger partial charge in [-0.05, 0) is 47.9 Å². The second-order valence-electron chi connectivity index (χ2n) is 8.59. The summed E-state index contributed by atoms with van der Waals surface area (Å²) in [4.78, 5) is 51.2. The van der Waals surface area contributed by atoms with E-state index in [9.17, 15) is 19.2 Å². The average Bonchev–Trinajstić information content (AvgIpc) is 3.14. The Bertz CT molecular complexity index is 1390. The predicted octanol–water partition coefficient (Wildman–Crippen LogP) is 4.61. The van der Waals surface area contributed by atoms with E-state index in [2.05, 4.69) is 10.6 Å². The van der Waals surface area contributed by atoms with Crippen LogP contribution in [0, 0.1) is 0 Å². The number of nitrogens with zero attached hydrogens (tertiary/aromatic N) is 1. The number of hydrogen-bond acceptors (Lipinski definition) is 6. The second-order valence-corrected chi connectivity index (χ2v) is 8.97. The molecule has 1 aliphatic rings.